The van der Waals surface area contributed by atoms with Crippen LogP contribution in [0.1, 0.15) is 29.9 Å². The standard InChI is InChI=1S/C11H10N6O.C2H6/c1-7-9(6-13-16-7)15-11(18)8-5-14-17-4-2-3-12-10(8)17;1-2/h2-6H,1H3,(H,13,16)(H,15,18);1-2H3. The molecule has 0 saturated carbocycles. The van der Waals surface area contributed by atoms with E-state index in [2.05, 4.69) is 25.6 Å². The number of aryl methyl sites for hydroxylation is 1. The summed E-state index contributed by atoms with van der Waals surface area (Å²) >= 11 is 0. The fourth-order valence-corrected chi connectivity index (χ4v) is 1.65. The molecule has 0 spiro atoms. The van der Waals surface area contributed by atoms with E-state index in [1.165, 1.54) is 6.20 Å². The van der Waals surface area contributed by atoms with Crippen LogP contribution >= 0.6 is 0 Å². The molecule has 1 amide bonds. The number of aromatic amines is 1. The molecule has 3 aromatic heterocycles. The van der Waals surface area contributed by atoms with Crippen LogP contribution in [-0.2, 0) is 0 Å². The van der Waals surface area contributed by atoms with Gasteiger partial charge in [-0.05, 0) is 13.0 Å². The van der Waals surface area contributed by atoms with E-state index in [0.29, 0.717) is 16.9 Å². The molecule has 0 aliphatic heterocycles. The molecule has 3 rings (SSSR count). The number of rotatable bonds is 2. The van der Waals surface area contributed by atoms with Crippen LogP contribution in [-0.4, -0.2) is 30.7 Å². The average Bonchev–Trinajstić information content (AvgIpc) is 3.08. The summed E-state index contributed by atoms with van der Waals surface area (Å²) in [5, 5.41) is 13.4. The summed E-state index contributed by atoms with van der Waals surface area (Å²) in [5.41, 5.74) is 2.40. The summed E-state index contributed by atoms with van der Waals surface area (Å²) < 4.78 is 1.55. The molecule has 0 saturated heterocycles. The van der Waals surface area contributed by atoms with Gasteiger partial charge < -0.3 is 5.32 Å². The minimum absolute atomic E-state index is 0.256. The molecule has 0 aliphatic carbocycles. The van der Waals surface area contributed by atoms with Crippen LogP contribution in [0.15, 0.2) is 30.9 Å². The van der Waals surface area contributed by atoms with Gasteiger partial charge in [0, 0.05) is 12.4 Å². The van der Waals surface area contributed by atoms with Gasteiger partial charge in [-0.25, -0.2) is 9.50 Å². The molecule has 3 aromatic rings. The number of fused-ring (bicyclic) bond motifs is 1. The van der Waals surface area contributed by atoms with Gasteiger partial charge in [-0.15, -0.1) is 0 Å². The highest BCUT2D eigenvalue weighted by molar-refractivity contribution is 6.08. The maximum Gasteiger partial charge on any atom is 0.261 e. The number of carbonyl (C=O) groups is 1. The summed E-state index contributed by atoms with van der Waals surface area (Å²) in [7, 11) is 0. The Balaban J connectivity index is 0.000000704. The number of nitrogens with zero attached hydrogens (tertiary/aromatic N) is 4. The first-order valence-corrected chi connectivity index (χ1v) is 6.35. The first-order valence-electron chi connectivity index (χ1n) is 6.35. The Labute approximate surface area is 116 Å². The Morgan fingerprint density at radius 2 is 2.15 bits per heavy atom. The summed E-state index contributed by atoms with van der Waals surface area (Å²) in [4.78, 5) is 16.2. The monoisotopic (exact) mass is 272 g/mol. The van der Waals surface area contributed by atoms with Crippen molar-refractivity contribution in [2.24, 2.45) is 0 Å². The smallest absolute Gasteiger partial charge is 0.261 e. The molecule has 3 heterocycles. The van der Waals surface area contributed by atoms with Gasteiger partial charge in [0.1, 0.15) is 5.56 Å². The molecule has 0 radical (unpaired) electrons. The zero-order valence-electron chi connectivity index (χ0n) is 11.6. The van der Waals surface area contributed by atoms with E-state index >= 15 is 0 Å². The van der Waals surface area contributed by atoms with E-state index in [0.717, 1.165) is 5.69 Å². The molecule has 7 heteroatoms. The van der Waals surface area contributed by atoms with Crippen LogP contribution in [0.4, 0.5) is 5.69 Å². The number of anilines is 1. The Morgan fingerprint density at radius 3 is 2.85 bits per heavy atom. The van der Waals surface area contributed by atoms with Crippen molar-refractivity contribution < 1.29 is 4.79 Å². The van der Waals surface area contributed by atoms with Crippen molar-refractivity contribution >= 4 is 17.2 Å². The van der Waals surface area contributed by atoms with E-state index in [4.69, 9.17) is 0 Å². The number of hydrogen-bond donors (Lipinski definition) is 2. The average molecular weight is 272 g/mol. The number of nitrogens with one attached hydrogen (secondary N) is 2. The van der Waals surface area contributed by atoms with Crippen LogP contribution in [0.25, 0.3) is 5.65 Å². The van der Waals surface area contributed by atoms with Crippen LogP contribution in [0.3, 0.4) is 0 Å². The van der Waals surface area contributed by atoms with Crippen molar-refractivity contribution in [3.05, 3.63) is 42.1 Å². The van der Waals surface area contributed by atoms with E-state index in [9.17, 15) is 4.79 Å². The molecule has 0 aromatic carbocycles. The second-order valence-electron chi connectivity index (χ2n) is 3.81. The quantitative estimate of drug-likeness (QED) is 0.747. The van der Waals surface area contributed by atoms with Crippen LogP contribution in [0.2, 0.25) is 0 Å². The van der Waals surface area contributed by atoms with Crippen molar-refractivity contribution in [2.45, 2.75) is 20.8 Å². The maximum atomic E-state index is 12.1. The third-order valence-electron chi connectivity index (χ3n) is 2.60. The van der Waals surface area contributed by atoms with E-state index in [1.807, 2.05) is 20.8 Å². The fourth-order valence-electron chi connectivity index (χ4n) is 1.65. The largest absolute Gasteiger partial charge is 0.319 e. The Kier molecular flexibility index (Phi) is 4.09. The normalized spacial score (nSPS) is 9.95. The summed E-state index contributed by atoms with van der Waals surface area (Å²) in [6.07, 6.45) is 6.42. The van der Waals surface area contributed by atoms with Gasteiger partial charge in [0.25, 0.3) is 5.91 Å². The molecule has 0 aliphatic rings. The van der Waals surface area contributed by atoms with E-state index < -0.39 is 0 Å². The maximum absolute atomic E-state index is 12.1. The lowest BCUT2D eigenvalue weighted by Crippen LogP contribution is -2.12. The molecule has 2 N–H and O–H groups in total. The Hall–Kier alpha value is -2.70. The number of aromatic nitrogens is 5. The van der Waals surface area contributed by atoms with Crippen molar-refractivity contribution in [1.29, 1.82) is 0 Å². The molecule has 7 nitrogen and oxygen atoms in total. The van der Waals surface area contributed by atoms with Crippen LogP contribution in [0.5, 0.6) is 0 Å². The Bertz CT molecular complexity index is 714. The number of H-pyrrole nitrogens is 1. The molecule has 0 fully saturated rings. The van der Waals surface area contributed by atoms with Crippen LogP contribution < -0.4 is 5.32 Å². The number of hydrogen-bond acceptors (Lipinski definition) is 4. The van der Waals surface area contributed by atoms with Gasteiger partial charge in [-0.1, -0.05) is 13.8 Å². The van der Waals surface area contributed by atoms with Gasteiger partial charge in [0.15, 0.2) is 5.65 Å². The van der Waals surface area contributed by atoms with Crippen molar-refractivity contribution in [2.75, 3.05) is 5.32 Å². The van der Waals surface area contributed by atoms with Crippen molar-refractivity contribution in [3.63, 3.8) is 0 Å². The molecule has 0 unspecified atom stereocenters. The van der Waals surface area contributed by atoms with E-state index in [1.54, 1.807) is 29.2 Å². The van der Waals surface area contributed by atoms with Crippen molar-refractivity contribution in [1.82, 2.24) is 24.8 Å². The van der Waals surface area contributed by atoms with Gasteiger partial charge >= 0.3 is 0 Å². The molecule has 0 bridgehead atoms. The SMILES string of the molecule is CC.Cc1[nH]ncc1NC(=O)c1cnn2cccnc12. The minimum atomic E-state index is -0.256. The first-order chi connectivity index (χ1) is 9.75. The number of amides is 1. The lowest BCUT2D eigenvalue weighted by atomic mass is 10.3. The highest BCUT2D eigenvalue weighted by Crippen LogP contribution is 2.13. The summed E-state index contributed by atoms with van der Waals surface area (Å²) in [5.74, 6) is -0.256. The van der Waals surface area contributed by atoms with Crippen molar-refractivity contribution in [3.8, 4) is 0 Å². The molecular formula is C13H16N6O. The molecule has 20 heavy (non-hydrogen) atoms. The summed E-state index contributed by atoms with van der Waals surface area (Å²) in [6.45, 7) is 5.83. The molecule has 0 atom stereocenters. The van der Waals surface area contributed by atoms with Gasteiger partial charge in [0.2, 0.25) is 0 Å². The van der Waals surface area contributed by atoms with E-state index in [-0.39, 0.29) is 5.91 Å². The van der Waals surface area contributed by atoms with Gasteiger partial charge in [0.05, 0.1) is 23.8 Å². The van der Waals surface area contributed by atoms with Gasteiger partial charge in [-0.2, -0.15) is 10.2 Å². The lowest BCUT2D eigenvalue weighted by molar-refractivity contribution is 0.102. The highest BCUT2D eigenvalue weighted by atomic mass is 16.1. The van der Waals surface area contributed by atoms with Gasteiger partial charge in [-0.3, -0.25) is 9.89 Å². The lowest BCUT2D eigenvalue weighted by Gasteiger charge is -2.01. The third kappa shape index (κ3) is 2.51. The zero-order chi connectivity index (χ0) is 14.5. The van der Waals surface area contributed by atoms with Crippen LogP contribution in [0, 0.1) is 6.92 Å². The zero-order valence-corrected chi connectivity index (χ0v) is 11.6. The third-order valence-corrected chi connectivity index (χ3v) is 2.60. The first kappa shape index (κ1) is 13.7. The fraction of sp³-hybridized carbons (Fsp3) is 0.231. The second-order valence-corrected chi connectivity index (χ2v) is 3.81. The predicted molar refractivity (Wildman–Crippen MR) is 75.6 cm³/mol. The predicted octanol–water partition coefficient (Wildman–Crippen LogP) is 2.04. The number of carbonyl (C=O) groups excluding carboxylic acids is 1. The highest BCUT2D eigenvalue weighted by Gasteiger charge is 2.14. The minimum Gasteiger partial charge on any atom is -0.319 e. The molecule has 104 valence electrons. The topological polar surface area (TPSA) is 88.0 Å². The summed E-state index contributed by atoms with van der Waals surface area (Å²) in [6, 6.07) is 1.75. The molecular weight excluding hydrogens is 256 g/mol. The Morgan fingerprint density at radius 1 is 1.35 bits per heavy atom. The second kappa shape index (κ2) is 5.96.